The summed E-state index contributed by atoms with van der Waals surface area (Å²) in [6.45, 7) is 3.65. The minimum Gasteiger partial charge on any atom is -0.410 e. The zero-order valence-corrected chi connectivity index (χ0v) is 19.1. The van der Waals surface area contributed by atoms with Crippen molar-refractivity contribution in [1.82, 2.24) is 9.88 Å². The van der Waals surface area contributed by atoms with Crippen LogP contribution in [0.15, 0.2) is 36.4 Å². The molecule has 2 amide bonds. The van der Waals surface area contributed by atoms with Gasteiger partial charge in [0.1, 0.15) is 18.2 Å². The average Bonchev–Trinajstić information content (AvgIpc) is 3.60. The Morgan fingerprint density at radius 1 is 1.27 bits per heavy atom. The van der Waals surface area contributed by atoms with Crippen LogP contribution in [0.3, 0.4) is 0 Å². The maximum atomic E-state index is 13.0. The highest BCUT2D eigenvalue weighted by Crippen LogP contribution is 2.45. The van der Waals surface area contributed by atoms with Crippen LogP contribution in [-0.4, -0.2) is 54.3 Å². The molecule has 3 aliphatic rings. The van der Waals surface area contributed by atoms with E-state index in [1.165, 1.54) is 0 Å². The van der Waals surface area contributed by atoms with E-state index in [2.05, 4.69) is 6.07 Å². The molecule has 1 saturated carbocycles. The molecular formula is C25H29N3O5. The van der Waals surface area contributed by atoms with Gasteiger partial charge in [-0.3, -0.25) is 9.69 Å². The summed E-state index contributed by atoms with van der Waals surface area (Å²) in [6, 6.07) is 11.1. The summed E-state index contributed by atoms with van der Waals surface area (Å²) in [5.74, 6) is 1.12. The molecule has 1 aromatic carbocycles. The zero-order valence-electron chi connectivity index (χ0n) is 19.1. The van der Waals surface area contributed by atoms with E-state index in [-0.39, 0.29) is 24.2 Å². The van der Waals surface area contributed by atoms with Crippen LogP contribution in [0.2, 0.25) is 0 Å². The van der Waals surface area contributed by atoms with Crippen molar-refractivity contribution >= 4 is 17.8 Å². The number of ether oxygens (including phenoxy) is 3. The molecule has 2 fully saturated rings. The van der Waals surface area contributed by atoms with Crippen LogP contribution in [0.4, 0.5) is 10.6 Å². The molecule has 3 heterocycles. The number of morpholine rings is 1. The Morgan fingerprint density at radius 3 is 2.79 bits per heavy atom. The second-order valence-electron chi connectivity index (χ2n) is 9.03. The van der Waals surface area contributed by atoms with Crippen LogP contribution in [0.25, 0.3) is 0 Å². The number of hydrogen-bond acceptors (Lipinski definition) is 6. The van der Waals surface area contributed by atoms with Crippen LogP contribution >= 0.6 is 0 Å². The molecule has 1 aliphatic carbocycles. The molecule has 0 radical (unpaired) electrons. The standard InChI is InChI=1S/C25H29N3O5/c1-17(31-2)22-19(14-28-21(29)15-32-16-25(28)10-11-25)13-18-7-6-12-27(23(18)26-22)24(30)33-20-8-4-3-5-9-20/h3-5,8-9,13,17H,6-7,10-12,14-16H2,1-2H3. The highest BCUT2D eigenvalue weighted by molar-refractivity contribution is 5.89. The Morgan fingerprint density at radius 2 is 2.06 bits per heavy atom. The lowest BCUT2D eigenvalue weighted by Crippen LogP contribution is -2.50. The normalized spacial score (nSPS) is 19.9. The second-order valence-corrected chi connectivity index (χ2v) is 9.03. The van der Waals surface area contributed by atoms with Crippen LogP contribution < -0.4 is 9.64 Å². The van der Waals surface area contributed by atoms with Crippen molar-refractivity contribution in [1.29, 1.82) is 0 Å². The van der Waals surface area contributed by atoms with E-state index in [0.717, 1.165) is 42.5 Å². The van der Waals surface area contributed by atoms with Crippen molar-refractivity contribution in [3.63, 3.8) is 0 Å². The first-order valence-electron chi connectivity index (χ1n) is 11.5. The van der Waals surface area contributed by atoms with Gasteiger partial charge in [-0.2, -0.15) is 0 Å². The third-order valence-corrected chi connectivity index (χ3v) is 6.81. The van der Waals surface area contributed by atoms with Crippen molar-refractivity contribution < 1.29 is 23.8 Å². The number of rotatable bonds is 5. The topological polar surface area (TPSA) is 81.2 Å². The second kappa shape index (κ2) is 8.76. The number of anilines is 1. The molecule has 1 aromatic heterocycles. The van der Waals surface area contributed by atoms with E-state index in [1.807, 2.05) is 30.0 Å². The van der Waals surface area contributed by atoms with Gasteiger partial charge in [-0.15, -0.1) is 0 Å². The van der Waals surface area contributed by atoms with Gasteiger partial charge in [-0.25, -0.2) is 9.78 Å². The number of benzene rings is 1. The molecule has 1 saturated heterocycles. The number of pyridine rings is 1. The number of aromatic nitrogens is 1. The molecule has 8 heteroatoms. The summed E-state index contributed by atoms with van der Waals surface area (Å²) in [4.78, 5) is 34.1. The van der Waals surface area contributed by atoms with E-state index in [4.69, 9.17) is 19.2 Å². The largest absolute Gasteiger partial charge is 0.420 e. The van der Waals surface area contributed by atoms with E-state index in [9.17, 15) is 9.59 Å². The Hall–Kier alpha value is -2.97. The summed E-state index contributed by atoms with van der Waals surface area (Å²) in [7, 11) is 1.64. The van der Waals surface area contributed by atoms with Crippen LogP contribution in [-0.2, 0) is 27.2 Å². The zero-order chi connectivity index (χ0) is 23.0. The lowest BCUT2D eigenvalue weighted by molar-refractivity contribution is -0.151. The molecule has 1 atom stereocenters. The van der Waals surface area contributed by atoms with Crippen molar-refractivity contribution in [2.45, 2.75) is 50.8 Å². The van der Waals surface area contributed by atoms with Gasteiger partial charge in [-0.1, -0.05) is 18.2 Å². The summed E-state index contributed by atoms with van der Waals surface area (Å²) in [6.07, 6.45) is 2.83. The molecule has 1 spiro atoms. The minimum absolute atomic E-state index is 0.0144. The summed E-state index contributed by atoms with van der Waals surface area (Å²) in [5.41, 5.74) is 2.51. The predicted octanol–water partition coefficient (Wildman–Crippen LogP) is 3.63. The average molecular weight is 452 g/mol. The maximum Gasteiger partial charge on any atom is 0.420 e. The predicted molar refractivity (Wildman–Crippen MR) is 121 cm³/mol. The Labute approximate surface area is 193 Å². The molecule has 1 unspecified atom stereocenters. The lowest BCUT2D eigenvalue weighted by atomic mass is 9.99. The SMILES string of the molecule is COC(C)c1nc2c(cc1CN1C(=O)COCC13CC3)CCCN2C(=O)Oc1ccccc1. The number of hydrogen-bond donors (Lipinski definition) is 0. The van der Waals surface area contributed by atoms with Crippen LogP contribution in [0, 0.1) is 0 Å². The molecule has 2 aliphatic heterocycles. The van der Waals surface area contributed by atoms with Crippen molar-refractivity contribution in [3.05, 3.63) is 53.2 Å². The molecular weight excluding hydrogens is 422 g/mol. The molecule has 5 rings (SSSR count). The number of nitrogens with zero attached hydrogens (tertiary/aromatic N) is 3. The fraction of sp³-hybridized carbons (Fsp3) is 0.480. The van der Waals surface area contributed by atoms with Gasteiger partial charge in [0.15, 0.2) is 0 Å². The Bertz CT molecular complexity index is 1050. The first-order valence-corrected chi connectivity index (χ1v) is 11.5. The van der Waals surface area contributed by atoms with Gasteiger partial charge in [0.25, 0.3) is 0 Å². The van der Waals surface area contributed by atoms with E-state index >= 15 is 0 Å². The fourth-order valence-electron chi connectivity index (χ4n) is 4.70. The lowest BCUT2D eigenvalue weighted by Gasteiger charge is -2.37. The molecule has 33 heavy (non-hydrogen) atoms. The monoisotopic (exact) mass is 451 g/mol. The van der Waals surface area contributed by atoms with E-state index < -0.39 is 6.09 Å². The smallest absolute Gasteiger partial charge is 0.410 e. The van der Waals surface area contributed by atoms with Gasteiger partial charge in [-0.05, 0) is 61.9 Å². The highest BCUT2D eigenvalue weighted by atomic mass is 16.6. The highest BCUT2D eigenvalue weighted by Gasteiger charge is 2.52. The van der Waals surface area contributed by atoms with Crippen molar-refractivity contribution in [2.75, 3.05) is 31.8 Å². The van der Waals surface area contributed by atoms with Crippen molar-refractivity contribution in [3.8, 4) is 5.75 Å². The number of methoxy groups -OCH3 is 1. The molecule has 0 N–H and O–H groups in total. The first-order chi connectivity index (χ1) is 16.0. The molecule has 174 valence electrons. The van der Waals surface area contributed by atoms with Gasteiger partial charge in [0.05, 0.1) is 23.9 Å². The first kappa shape index (κ1) is 21.9. The maximum absolute atomic E-state index is 13.0. The van der Waals surface area contributed by atoms with Gasteiger partial charge >= 0.3 is 6.09 Å². The Balaban J connectivity index is 1.47. The number of fused-ring (bicyclic) bond motifs is 1. The Kier molecular flexibility index (Phi) is 5.80. The number of carbonyl (C=O) groups excluding carboxylic acids is 2. The van der Waals surface area contributed by atoms with Gasteiger partial charge in [0.2, 0.25) is 5.91 Å². The van der Waals surface area contributed by atoms with Crippen LogP contribution in [0.1, 0.15) is 49.1 Å². The molecule has 0 bridgehead atoms. The van der Waals surface area contributed by atoms with Crippen molar-refractivity contribution in [2.24, 2.45) is 0 Å². The van der Waals surface area contributed by atoms with E-state index in [1.54, 1.807) is 24.1 Å². The third kappa shape index (κ3) is 4.20. The number of para-hydroxylation sites is 1. The third-order valence-electron chi connectivity index (χ3n) is 6.81. The van der Waals surface area contributed by atoms with Gasteiger partial charge < -0.3 is 19.1 Å². The van der Waals surface area contributed by atoms with Gasteiger partial charge in [0, 0.05) is 20.2 Å². The summed E-state index contributed by atoms with van der Waals surface area (Å²) < 4.78 is 16.7. The van der Waals surface area contributed by atoms with Crippen LogP contribution in [0.5, 0.6) is 5.75 Å². The number of amides is 2. The summed E-state index contributed by atoms with van der Waals surface area (Å²) >= 11 is 0. The fourth-order valence-corrected chi connectivity index (χ4v) is 4.70. The molecule has 2 aromatic rings. The quantitative estimate of drug-likeness (QED) is 0.691. The van der Waals surface area contributed by atoms with E-state index in [0.29, 0.717) is 31.3 Å². The molecule has 8 nitrogen and oxygen atoms in total. The number of carbonyl (C=O) groups is 2. The summed E-state index contributed by atoms with van der Waals surface area (Å²) in [5, 5.41) is 0. The number of aryl methyl sites for hydroxylation is 1. The minimum atomic E-state index is -0.446.